The molecule has 0 amide bonds. The molecule has 0 aliphatic carbocycles. The molecule has 0 unspecified atom stereocenters. The van der Waals surface area contributed by atoms with Crippen molar-refractivity contribution in [2.45, 2.75) is 45.8 Å². The number of benzene rings is 3. The van der Waals surface area contributed by atoms with Crippen LogP contribution in [0.15, 0.2) is 83.4 Å². The number of imidazole rings is 1. The van der Waals surface area contributed by atoms with Crippen LogP contribution in [-0.4, -0.2) is 22.6 Å². The number of rotatable bonds is 3. The third-order valence-electron chi connectivity index (χ3n) is 6.93. The van der Waals surface area contributed by atoms with Crippen molar-refractivity contribution in [1.29, 1.82) is 0 Å². The van der Waals surface area contributed by atoms with Crippen LogP contribution in [0.1, 0.15) is 26.5 Å². The second-order valence-corrected chi connectivity index (χ2v) is 16.7. The predicted octanol–water partition coefficient (Wildman–Crippen LogP) is 7.83. The van der Waals surface area contributed by atoms with Gasteiger partial charge in [-0.05, 0) is 30.3 Å². The Balaban J connectivity index is 1.67. The molecule has 0 radical (unpaired) electrons. The van der Waals surface area contributed by atoms with Crippen molar-refractivity contribution in [2.75, 3.05) is 0 Å². The van der Waals surface area contributed by atoms with E-state index in [2.05, 4.69) is 112 Å². The van der Waals surface area contributed by atoms with Gasteiger partial charge in [-0.1, -0.05) is 88.1 Å². The van der Waals surface area contributed by atoms with E-state index in [0.717, 1.165) is 55.7 Å². The number of hydrogen-bond acceptors (Lipinski definition) is 3. The zero-order chi connectivity index (χ0) is 25.2. The first-order chi connectivity index (χ1) is 17.1. The third kappa shape index (κ3) is 3.66. The molecule has 0 spiro atoms. The van der Waals surface area contributed by atoms with E-state index < -0.39 is 8.07 Å². The van der Waals surface area contributed by atoms with Gasteiger partial charge in [-0.25, -0.2) is 4.98 Å². The van der Waals surface area contributed by atoms with Crippen molar-refractivity contribution in [3.63, 3.8) is 0 Å². The van der Waals surface area contributed by atoms with Crippen LogP contribution >= 0.6 is 0 Å². The summed E-state index contributed by atoms with van der Waals surface area (Å²) in [5, 5.41) is 3.66. The lowest BCUT2D eigenvalue weighted by Crippen LogP contribution is -2.37. The van der Waals surface area contributed by atoms with Gasteiger partial charge in [0.15, 0.2) is 0 Å². The number of aromatic nitrogens is 3. The summed E-state index contributed by atoms with van der Waals surface area (Å²) in [6.45, 7) is 13.7. The van der Waals surface area contributed by atoms with Gasteiger partial charge in [-0.15, -0.1) is 0 Å². The van der Waals surface area contributed by atoms with Gasteiger partial charge in [0.2, 0.25) is 0 Å². The second-order valence-electron chi connectivity index (χ2n) is 11.7. The molecule has 6 rings (SSSR count). The SMILES string of the molecule is CC(C)(C)c1cc2c(cn1)nc(-c1cccc3c1oc1cc([Si](C)(C)C)ccc13)n2-c1ccccc1. The van der Waals surface area contributed by atoms with Gasteiger partial charge in [0.05, 0.1) is 25.4 Å². The van der Waals surface area contributed by atoms with Gasteiger partial charge in [0.25, 0.3) is 0 Å². The Hall–Kier alpha value is -3.70. The number of para-hydroxylation sites is 2. The summed E-state index contributed by atoms with van der Waals surface area (Å²) >= 11 is 0. The molecule has 0 N–H and O–H groups in total. The van der Waals surface area contributed by atoms with E-state index in [1.807, 2.05) is 12.3 Å². The van der Waals surface area contributed by atoms with Crippen LogP contribution in [0.3, 0.4) is 0 Å². The van der Waals surface area contributed by atoms with E-state index in [1.54, 1.807) is 0 Å². The fourth-order valence-corrected chi connectivity index (χ4v) is 6.00. The Labute approximate surface area is 212 Å². The highest BCUT2D eigenvalue weighted by Gasteiger charge is 2.23. The maximum atomic E-state index is 6.59. The number of furan rings is 1. The highest BCUT2D eigenvalue weighted by atomic mass is 28.3. The molecule has 180 valence electrons. The lowest BCUT2D eigenvalue weighted by atomic mass is 9.91. The summed E-state index contributed by atoms with van der Waals surface area (Å²) in [6, 6.07) is 25.7. The molecule has 0 aliphatic heterocycles. The number of pyridine rings is 1. The summed E-state index contributed by atoms with van der Waals surface area (Å²) in [5.74, 6) is 0.860. The molecule has 0 saturated carbocycles. The van der Waals surface area contributed by atoms with Gasteiger partial charge >= 0.3 is 0 Å². The molecule has 3 heterocycles. The van der Waals surface area contributed by atoms with Crippen molar-refractivity contribution in [3.05, 3.63) is 84.7 Å². The highest BCUT2D eigenvalue weighted by molar-refractivity contribution is 6.88. The van der Waals surface area contributed by atoms with Crippen LogP contribution in [0.2, 0.25) is 19.6 Å². The summed E-state index contributed by atoms with van der Waals surface area (Å²) < 4.78 is 8.83. The Morgan fingerprint density at radius 1 is 0.833 bits per heavy atom. The molecular formula is C31H31N3OSi. The minimum absolute atomic E-state index is 0.0625. The lowest BCUT2D eigenvalue weighted by molar-refractivity contribution is 0.570. The van der Waals surface area contributed by atoms with Crippen LogP contribution in [0.5, 0.6) is 0 Å². The van der Waals surface area contributed by atoms with Gasteiger partial charge in [-0.3, -0.25) is 9.55 Å². The van der Waals surface area contributed by atoms with Gasteiger partial charge in [0.1, 0.15) is 22.5 Å². The fraction of sp³-hybridized carbons (Fsp3) is 0.226. The lowest BCUT2D eigenvalue weighted by Gasteiger charge is -2.18. The summed E-state index contributed by atoms with van der Waals surface area (Å²) in [7, 11) is -1.46. The molecule has 0 bridgehead atoms. The van der Waals surface area contributed by atoms with Crippen molar-refractivity contribution in [3.8, 4) is 17.1 Å². The van der Waals surface area contributed by atoms with Crippen LogP contribution in [0, 0.1) is 0 Å². The van der Waals surface area contributed by atoms with E-state index in [9.17, 15) is 0 Å². The Bertz CT molecular complexity index is 1750. The summed E-state index contributed by atoms with van der Waals surface area (Å²) in [6.07, 6.45) is 1.90. The molecule has 0 aliphatic rings. The maximum Gasteiger partial charge on any atom is 0.149 e. The number of fused-ring (bicyclic) bond motifs is 4. The first-order valence-corrected chi connectivity index (χ1v) is 16.0. The van der Waals surface area contributed by atoms with Crippen molar-refractivity contribution < 1.29 is 4.42 Å². The third-order valence-corrected chi connectivity index (χ3v) is 8.97. The maximum absolute atomic E-state index is 6.59. The Kier molecular flexibility index (Phi) is 4.99. The van der Waals surface area contributed by atoms with E-state index in [-0.39, 0.29) is 5.41 Å². The van der Waals surface area contributed by atoms with Crippen LogP contribution in [0.25, 0.3) is 50.0 Å². The molecule has 3 aromatic carbocycles. The van der Waals surface area contributed by atoms with Crippen LogP contribution < -0.4 is 5.19 Å². The quantitative estimate of drug-likeness (QED) is 0.238. The first kappa shape index (κ1) is 22.7. The van der Waals surface area contributed by atoms with E-state index in [1.165, 1.54) is 5.19 Å². The Morgan fingerprint density at radius 2 is 1.61 bits per heavy atom. The molecule has 0 fully saturated rings. The van der Waals surface area contributed by atoms with Gasteiger partial charge < -0.3 is 4.42 Å². The fourth-order valence-electron chi connectivity index (χ4n) is 4.85. The zero-order valence-electron chi connectivity index (χ0n) is 21.8. The normalized spacial score (nSPS) is 12.7. The summed E-state index contributed by atoms with van der Waals surface area (Å²) in [5.41, 5.74) is 6.76. The molecule has 0 atom stereocenters. The van der Waals surface area contributed by atoms with Gasteiger partial charge in [0, 0.05) is 27.6 Å². The molecule has 5 heteroatoms. The smallest absolute Gasteiger partial charge is 0.149 e. The zero-order valence-corrected chi connectivity index (χ0v) is 22.8. The minimum Gasteiger partial charge on any atom is -0.455 e. The molecule has 0 saturated heterocycles. The van der Waals surface area contributed by atoms with Crippen molar-refractivity contribution in [2.24, 2.45) is 0 Å². The molecular weight excluding hydrogens is 458 g/mol. The monoisotopic (exact) mass is 489 g/mol. The van der Waals surface area contributed by atoms with Crippen LogP contribution in [0.4, 0.5) is 0 Å². The Morgan fingerprint density at radius 3 is 2.33 bits per heavy atom. The largest absolute Gasteiger partial charge is 0.455 e. The van der Waals surface area contributed by atoms with Gasteiger partial charge in [-0.2, -0.15) is 0 Å². The standard InChI is InChI=1S/C31H31N3OSi/c1-31(2,3)28-18-26-25(19-32-28)33-30(34(26)20-11-8-7-9-12-20)24-14-10-13-23-22-16-15-21(36(4,5)6)17-27(22)35-29(23)24/h7-19H,1-6H3. The van der Waals surface area contributed by atoms with E-state index in [0.29, 0.717) is 0 Å². The topological polar surface area (TPSA) is 43.9 Å². The van der Waals surface area contributed by atoms with Crippen LogP contribution in [-0.2, 0) is 5.41 Å². The van der Waals surface area contributed by atoms with Crippen molar-refractivity contribution >= 4 is 46.2 Å². The highest BCUT2D eigenvalue weighted by Crippen LogP contribution is 2.38. The molecule has 36 heavy (non-hydrogen) atoms. The second kappa shape index (κ2) is 7.90. The first-order valence-electron chi connectivity index (χ1n) is 12.5. The molecule has 6 aromatic rings. The molecule has 3 aromatic heterocycles. The predicted molar refractivity (Wildman–Crippen MR) is 153 cm³/mol. The summed E-state index contributed by atoms with van der Waals surface area (Å²) in [4.78, 5) is 9.86. The minimum atomic E-state index is -1.46. The average molecular weight is 490 g/mol. The molecule has 4 nitrogen and oxygen atoms in total. The van der Waals surface area contributed by atoms with E-state index in [4.69, 9.17) is 14.4 Å². The van der Waals surface area contributed by atoms with E-state index >= 15 is 0 Å². The average Bonchev–Trinajstić information content (AvgIpc) is 3.41. The number of hydrogen-bond donors (Lipinski definition) is 0. The van der Waals surface area contributed by atoms with Crippen molar-refractivity contribution in [1.82, 2.24) is 14.5 Å². The number of nitrogens with zero attached hydrogens (tertiary/aromatic N) is 3.